The summed E-state index contributed by atoms with van der Waals surface area (Å²) in [6.07, 6.45) is 7.02. The molecule has 6 heteroatoms. The van der Waals surface area contributed by atoms with E-state index in [2.05, 4.69) is 19.9 Å². The minimum atomic E-state index is 0.637. The SMILES string of the molecule is CN=C/C(=C\c1ncc[nH]1)OCCN1CCOCC1. The van der Waals surface area contributed by atoms with E-state index < -0.39 is 0 Å². The highest BCUT2D eigenvalue weighted by Crippen LogP contribution is 2.03. The minimum Gasteiger partial charge on any atom is -0.491 e. The summed E-state index contributed by atoms with van der Waals surface area (Å²) in [5.74, 6) is 1.48. The summed E-state index contributed by atoms with van der Waals surface area (Å²) in [5, 5.41) is 0. The van der Waals surface area contributed by atoms with Gasteiger partial charge in [-0.1, -0.05) is 0 Å². The zero-order valence-corrected chi connectivity index (χ0v) is 11.2. The molecule has 0 atom stereocenters. The van der Waals surface area contributed by atoms with Gasteiger partial charge in [-0.2, -0.15) is 0 Å². The fraction of sp³-hybridized carbons (Fsp3) is 0.538. The van der Waals surface area contributed by atoms with Crippen LogP contribution in [0.25, 0.3) is 6.08 Å². The van der Waals surface area contributed by atoms with E-state index in [1.807, 2.05) is 6.08 Å². The quantitative estimate of drug-likeness (QED) is 0.610. The van der Waals surface area contributed by atoms with E-state index >= 15 is 0 Å². The Labute approximate surface area is 113 Å². The number of aliphatic imine (C=N–C) groups is 1. The molecule has 0 aliphatic carbocycles. The lowest BCUT2D eigenvalue weighted by Crippen LogP contribution is -2.38. The zero-order chi connectivity index (χ0) is 13.3. The zero-order valence-electron chi connectivity index (χ0n) is 11.2. The number of rotatable bonds is 6. The van der Waals surface area contributed by atoms with Crippen molar-refractivity contribution in [2.45, 2.75) is 0 Å². The van der Waals surface area contributed by atoms with Crippen LogP contribution in [0.4, 0.5) is 0 Å². The lowest BCUT2D eigenvalue weighted by atomic mass is 10.4. The topological polar surface area (TPSA) is 62.7 Å². The number of allylic oxidation sites excluding steroid dienone is 1. The van der Waals surface area contributed by atoms with Gasteiger partial charge in [0.1, 0.15) is 18.2 Å². The summed E-state index contributed by atoms with van der Waals surface area (Å²) < 4.78 is 11.0. The van der Waals surface area contributed by atoms with Gasteiger partial charge in [-0.15, -0.1) is 0 Å². The summed E-state index contributed by atoms with van der Waals surface area (Å²) in [6.45, 7) is 5.11. The third kappa shape index (κ3) is 4.84. The van der Waals surface area contributed by atoms with Crippen LogP contribution in [0, 0.1) is 0 Å². The second-order valence-electron chi connectivity index (χ2n) is 4.21. The van der Waals surface area contributed by atoms with E-state index in [9.17, 15) is 0 Å². The van der Waals surface area contributed by atoms with E-state index in [1.165, 1.54) is 0 Å². The molecular formula is C13H20N4O2. The molecule has 1 aromatic heterocycles. The molecule has 0 bridgehead atoms. The van der Waals surface area contributed by atoms with Gasteiger partial charge < -0.3 is 14.5 Å². The number of ether oxygens (including phenoxy) is 2. The molecule has 1 saturated heterocycles. The van der Waals surface area contributed by atoms with Crippen molar-refractivity contribution in [3.63, 3.8) is 0 Å². The first-order chi connectivity index (χ1) is 9.38. The first kappa shape index (κ1) is 13.8. The predicted octanol–water partition coefficient (Wildman–Crippen LogP) is 0.800. The van der Waals surface area contributed by atoms with E-state index in [4.69, 9.17) is 9.47 Å². The predicted molar refractivity (Wildman–Crippen MR) is 74.2 cm³/mol. The lowest BCUT2D eigenvalue weighted by Gasteiger charge is -2.26. The van der Waals surface area contributed by atoms with Gasteiger partial charge in [-0.25, -0.2) is 4.98 Å². The van der Waals surface area contributed by atoms with Gasteiger partial charge >= 0.3 is 0 Å². The fourth-order valence-electron chi connectivity index (χ4n) is 1.85. The smallest absolute Gasteiger partial charge is 0.140 e. The molecule has 104 valence electrons. The van der Waals surface area contributed by atoms with Crippen molar-refractivity contribution in [3.8, 4) is 0 Å². The largest absolute Gasteiger partial charge is 0.491 e. The molecular weight excluding hydrogens is 244 g/mol. The maximum absolute atomic E-state index is 5.73. The van der Waals surface area contributed by atoms with Crippen LogP contribution in [0.2, 0.25) is 0 Å². The van der Waals surface area contributed by atoms with Gasteiger partial charge in [0.2, 0.25) is 0 Å². The standard InChI is InChI=1S/C13H20N4O2/c1-14-11-12(10-13-15-2-3-16-13)19-9-6-17-4-7-18-8-5-17/h2-3,10-11H,4-9H2,1H3,(H,15,16)/b12-10+,14-11?. The van der Waals surface area contributed by atoms with Crippen LogP contribution in [0.5, 0.6) is 0 Å². The molecule has 1 aromatic rings. The summed E-state index contributed by atoms with van der Waals surface area (Å²) in [4.78, 5) is 13.5. The number of nitrogens with one attached hydrogen (secondary N) is 1. The Bertz CT molecular complexity index is 408. The number of hydrogen-bond acceptors (Lipinski definition) is 5. The Balaban J connectivity index is 1.80. The van der Waals surface area contributed by atoms with Crippen molar-refractivity contribution >= 4 is 12.3 Å². The number of nitrogens with zero attached hydrogens (tertiary/aromatic N) is 3. The second kappa shape index (κ2) is 7.70. The lowest BCUT2D eigenvalue weighted by molar-refractivity contribution is 0.0286. The van der Waals surface area contributed by atoms with Crippen LogP contribution in [0.15, 0.2) is 23.1 Å². The average molecular weight is 264 g/mol. The van der Waals surface area contributed by atoms with Crippen LogP contribution in [0.1, 0.15) is 5.82 Å². The molecule has 1 fully saturated rings. The number of aromatic amines is 1. The van der Waals surface area contributed by atoms with Crippen LogP contribution >= 0.6 is 0 Å². The Kier molecular flexibility index (Phi) is 5.58. The van der Waals surface area contributed by atoms with Gasteiger partial charge in [0.25, 0.3) is 0 Å². The first-order valence-electron chi connectivity index (χ1n) is 6.44. The van der Waals surface area contributed by atoms with Gasteiger partial charge in [0.05, 0.1) is 19.4 Å². The first-order valence-corrected chi connectivity index (χ1v) is 6.44. The second-order valence-corrected chi connectivity index (χ2v) is 4.21. The monoisotopic (exact) mass is 264 g/mol. The van der Waals surface area contributed by atoms with Crippen molar-refractivity contribution < 1.29 is 9.47 Å². The molecule has 19 heavy (non-hydrogen) atoms. The van der Waals surface area contributed by atoms with Crippen molar-refractivity contribution in [3.05, 3.63) is 24.0 Å². The van der Waals surface area contributed by atoms with Crippen LogP contribution < -0.4 is 0 Å². The number of H-pyrrole nitrogens is 1. The minimum absolute atomic E-state index is 0.637. The number of aromatic nitrogens is 2. The number of morpholine rings is 1. The fourth-order valence-corrected chi connectivity index (χ4v) is 1.85. The molecule has 0 aromatic carbocycles. The van der Waals surface area contributed by atoms with E-state index in [-0.39, 0.29) is 0 Å². The molecule has 0 spiro atoms. The Hall–Kier alpha value is -1.66. The highest BCUT2D eigenvalue weighted by molar-refractivity contribution is 5.82. The summed E-state index contributed by atoms with van der Waals surface area (Å²) in [6, 6.07) is 0. The maximum atomic E-state index is 5.73. The summed E-state index contributed by atoms with van der Waals surface area (Å²) in [5.41, 5.74) is 0. The Morgan fingerprint density at radius 1 is 1.58 bits per heavy atom. The maximum Gasteiger partial charge on any atom is 0.140 e. The average Bonchev–Trinajstić information content (AvgIpc) is 2.93. The van der Waals surface area contributed by atoms with E-state index in [1.54, 1.807) is 25.7 Å². The highest BCUT2D eigenvalue weighted by atomic mass is 16.5. The van der Waals surface area contributed by atoms with Crippen molar-refractivity contribution in [1.29, 1.82) is 0 Å². The molecule has 0 amide bonds. The number of hydrogen-bond donors (Lipinski definition) is 1. The molecule has 2 heterocycles. The highest BCUT2D eigenvalue weighted by Gasteiger charge is 2.09. The third-order valence-corrected chi connectivity index (χ3v) is 2.83. The molecule has 2 rings (SSSR count). The Morgan fingerprint density at radius 2 is 2.42 bits per heavy atom. The Morgan fingerprint density at radius 3 is 3.11 bits per heavy atom. The van der Waals surface area contributed by atoms with Crippen molar-refractivity contribution in [2.75, 3.05) is 46.5 Å². The molecule has 0 radical (unpaired) electrons. The van der Waals surface area contributed by atoms with Crippen LogP contribution in [-0.4, -0.2) is 67.6 Å². The summed E-state index contributed by atoms with van der Waals surface area (Å²) >= 11 is 0. The third-order valence-electron chi connectivity index (χ3n) is 2.83. The van der Waals surface area contributed by atoms with Gasteiger partial charge in [0, 0.05) is 45.2 Å². The van der Waals surface area contributed by atoms with Gasteiger partial charge in [-0.05, 0) is 0 Å². The summed E-state index contributed by atoms with van der Waals surface area (Å²) in [7, 11) is 1.72. The normalized spacial score (nSPS) is 18.1. The van der Waals surface area contributed by atoms with Crippen LogP contribution in [-0.2, 0) is 9.47 Å². The van der Waals surface area contributed by atoms with Crippen molar-refractivity contribution in [2.24, 2.45) is 4.99 Å². The molecule has 1 aliphatic heterocycles. The molecule has 0 saturated carbocycles. The molecule has 1 aliphatic rings. The molecule has 1 N–H and O–H groups in total. The van der Waals surface area contributed by atoms with E-state index in [0.29, 0.717) is 12.4 Å². The van der Waals surface area contributed by atoms with Gasteiger partial charge in [0.15, 0.2) is 0 Å². The van der Waals surface area contributed by atoms with Gasteiger partial charge in [-0.3, -0.25) is 9.89 Å². The molecule has 0 unspecified atom stereocenters. The van der Waals surface area contributed by atoms with E-state index in [0.717, 1.165) is 38.7 Å². The van der Waals surface area contributed by atoms with Crippen LogP contribution in [0.3, 0.4) is 0 Å². The van der Waals surface area contributed by atoms with Crippen molar-refractivity contribution in [1.82, 2.24) is 14.9 Å². The molecule has 6 nitrogen and oxygen atoms in total. The number of imidazole rings is 1.